The number of carbonyl (C=O) groups is 1. The molecule has 0 aliphatic rings. The quantitative estimate of drug-likeness (QED) is 0.198. The first kappa shape index (κ1) is 29.4. The van der Waals surface area contributed by atoms with Crippen molar-refractivity contribution in [3.8, 4) is 22.6 Å². The minimum Gasteiger partial charge on any atom is -0.507 e. The molecule has 0 unspecified atom stereocenters. The van der Waals surface area contributed by atoms with E-state index < -0.39 is 0 Å². The Morgan fingerprint density at radius 1 is 0.902 bits per heavy atom. The van der Waals surface area contributed by atoms with Gasteiger partial charge in [0.05, 0.1) is 6.61 Å². The maximum absolute atomic E-state index is 13.1. The monoisotopic (exact) mass is 545 g/mol. The van der Waals surface area contributed by atoms with Crippen LogP contribution in [0.1, 0.15) is 48.2 Å². The van der Waals surface area contributed by atoms with Gasteiger partial charge in [-0.2, -0.15) is 0 Å². The van der Waals surface area contributed by atoms with Gasteiger partial charge >= 0.3 is 0 Å². The Balaban J connectivity index is 1.60. The van der Waals surface area contributed by atoms with Crippen LogP contribution in [0.5, 0.6) is 11.5 Å². The van der Waals surface area contributed by atoms with E-state index >= 15 is 0 Å². The fourth-order valence-electron chi connectivity index (χ4n) is 4.77. The Kier molecular flexibility index (Phi) is 11.0. The first-order valence-corrected chi connectivity index (χ1v) is 14.4. The lowest BCUT2D eigenvalue weighted by molar-refractivity contribution is 0.0952. The number of amides is 1. The fourth-order valence-corrected chi connectivity index (χ4v) is 4.77. The lowest BCUT2D eigenvalue weighted by Gasteiger charge is -2.15. The molecule has 4 nitrogen and oxygen atoms in total. The van der Waals surface area contributed by atoms with Gasteiger partial charge in [-0.05, 0) is 78.4 Å². The average Bonchev–Trinajstić information content (AvgIpc) is 3.00. The van der Waals surface area contributed by atoms with Gasteiger partial charge in [-0.3, -0.25) is 4.79 Å². The molecule has 0 saturated heterocycles. The molecule has 2 N–H and O–H groups in total. The van der Waals surface area contributed by atoms with Crippen molar-refractivity contribution in [2.24, 2.45) is 0 Å². The van der Waals surface area contributed by atoms with Crippen molar-refractivity contribution in [1.82, 2.24) is 5.32 Å². The minimum absolute atomic E-state index is 0.129. The van der Waals surface area contributed by atoms with Crippen LogP contribution >= 0.6 is 0 Å². The lowest BCUT2D eigenvalue weighted by atomic mass is 9.99. The number of hydrogen-bond donors (Lipinski definition) is 2. The summed E-state index contributed by atoms with van der Waals surface area (Å²) in [6, 6.07) is 29.9. The van der Waals surface area contributed by atoms with E-state index in [1.54, 1.807) is 6.07 Å². The Morgan fingerprint density at radius 3 is 2.29 bits per heavy atom. The molecule has 0 aromatic heterocycles. The summed E-state index contributed by atoms with van der Waals surface area (Å²) in [7, 11) is 0. The SMILES string of the molecule is C\C=C/C=c1/cc(-c2ccc(C(=O)NCCCc3ccccc3)cc2OCCc2ccccc2)cc(O)/c1=C\CC. The first-order chi connectivity index (χ1) is 20.1. The highest BCUT2D eigenvalue weighted by molar-refractivity contribution is 5.95. The second kappa shape index (κ2) is 15.3. The predicted octanol–water partition coefficient (Wildman–Crippen LogP) is 6.59. The van der Waals surface area contributed by atoms with Crippen LogP contribution in [0.4, 0.5) is 0 Å². The Bertz CT molecular complexity index is 1570. The van der Waals surface area contributed by atoms with E-state index in [0.717, 1.165) is 47.2 Å². The van der Waals surface area contributed by atoms with E-state index in [9.17, 15) is 9.90 Å². The zero-order valence-electron chi connectivity index (χ0n) is 24.0. The van der Waals surface area contributed by atoms with Crippen LogP contribution in [0, 0.1) is 0 Å². The number of aromatic hydroxyl groups is 1. The molecule has 0 heterocycles. The third-order valence-corrected chi connectivity index (χ3v) is 6.88. The van der Waals surface area contributed by atoms with Crippen LogP contribution in [0.25, 0.3) is 23.3 Å². The molecule has 0 spiro atoms. The van der Waals surface area contributed by atoms with Crippen molar-refractivity contribution in [1.29, 1.82) is 0 Å². The molecule has 41 heavy (non-hydrogen) atoms. The molecule has 4 aromatic carbocycles. The zero-order valence-corrected chi connectivity index (χ0v) is 24.0. The van der Waals surface area contributed by atoms with Crippen LogP contribution in [0.2, 0.25) is 0 Å². The van der Waals surface area contributed by atoms with Gasteiger partial charge in [0.1, 0.15) is 11.5 Å². The molecule has 0 aliphatic carbocycles. The standard InChI is InChI=1S/C37H39NO3/c1-3-5-19-30-25-32(26-35(39)33(30)13-4-2)34-21-20-31(27-36(34)41-24-22-29-16-10-7-11-17-29)37(40)38-23-12-18-28-14-8-6-9-15-28/h3,5-11,13-17,19-21,25-27,39H,4,12,18,22-24H2,1-2H3,(H,38,40)/b5-3-,30-19-,33-13-. The molecule has 210 valence electrons. The van der Waals surface area contributed by atoms with Gasteiger partial charge in [0.25, 0.3) is 5.91 Å². The van der Waals surface area contributed by atoms with Crippen molar-refractivity contribution in [3.63, 3.8) is 0 Å². The van der Waals surface area contributed by atoms with Crippen LogP contribution in [-0.4, -0.2) is 24.2 Å². The van der Waals surface area contributed by atoms with E-state index in [2.05, 4.69) is 42.6 Å². The fraction of sp³-hybridized carbons (Fsp3) is 0.216. The zero-order chi connectivity index (χ0) is 28.9. The number of ether oxygens (including phenoxy) is 1. The van der Waals surface area contributed by atoms with Crippen molar-refractivity contribution < 1.29 is 14.6 Å². The molecular formula is C37H39NO3. The molecule has 0 atom stereocenters. The smallest absolute Gasteiger partial charge is 0.251 e. The van der Waals surface area contributed by atoms with E-state index in [0.29, 0.717) is 24.5 Å². The van der Waals surface area contributed by atoms with E-state index in [1.807, 2.05) is 85.8 Å². The van der Waals surface area contributed by atoms with Crippen molar-refractivity contribution in [3.05, 3.63) is 130 Å². The molecular weight excluding hydrogens is 506 g/mol. The van der Waals surface area contributed by atoms with E-state index in [-0.39, 0.29) is 11.7 Å². The van der Waals surface area contributed by atoms with Crippen LogP contribution < -0.4 is 20.5 Å². The second-order valence-corrected chi connectivity index (χ2v) is 9.94. The summed E-state index contributed by atoms with van der Waals surface area (Å²) in [4.78, 5) is 13.1. The number of allylic oxidation sites excluding steroid dienone is 2. The molecule has 1 amide bonds. The van der Waals surface area contributed by atoms with Gasteiger partial charge in [-0.15, -0.1) is 0 Å². The van der Waals surface area contributed by atoms with Gasteiger partial charge in [0, 0.05) is 29.3 Å². The predicted molar refractivity (Wildman–Crippen MR) is 170 cm³/mol. The molecule has 0 saturated carbocycles. The molecule has 0 fully saturated rings. The van der Waals surface area contributed by atoms with Gasteiger partial charge in [-0.25, -0.2) is 0 Å². The summed E-state index contributed by atoms with van der Waals surface area (Å²) in [5, 5.41) is 15.7. The number of rotatable bonds is 12. The number of aryl methyl sites for hydroxylation is 1. The Labute approximate surface area is 243 Å². The van der Waals surface area contributed by atoms with Crippen molar-refractivity contribution in [2.75, 3.05) is 13.2 Å². The van der Waals surface area contributed by atoms with Gasteiger partial charge < -0.3 is 15.2 Å². The Morgan fingerprint density at radius 2 is 1.61 bits per heavy atom. The van der Waals surface area contributed by atoms with Gasteiger partial charge in [0.2, 0.25) is 0 Å². The number of carbonyl (C=O) groups excluding carboxylic acids is 1. The molecule has 0 radical (unpaired) electrons. The third kappa shape index (κ3) is 8.46. The normalized spacial score (nSPS) is 12.1. The van der Waals surface area contributed by atoms with Gasteiger partial charge in [-0.1, -0.05) is 91.9 Å². The van der Waals surface area contributed by atoms with Crippen molar-refractivity contribution >= 4 is 18.1 Å². The molecule has 0 aliphatic heterocycles. The Hall–Kier alpha value is -4.57. The highest BCUT2D eigenvalue weighted by atomic mass is 16.5. The first-order valence-electron chi connectivity index (χ1n) is 14.4. The summed E-state index contributed by atoms with van der Waals surface area (Å²) in [6.45, 7) is 5.07. The average molecular weight is 546 g/mol. The number of nitrogens with one attached hydrogen (secondary N) is 1. The van der Waals surface area contributed by atoms with Crippen LogP contribution in [0.15, 0.2) is 103 Å². The topological polar surface area (TPSA) is 58.6 Å². The van der Waals surface area contributed by atoms with Crippen LogP contribution in [-0.2, 0) is 12.8 Å². The molecule has 0 bridgehead atoms. The van der Waals surface area contributed by atoms with Gasteiger partial charge in [0.15, 0.2) is 0 Å². The maximum atomic E-state index is 13.1. The molecule has 4 aromatic rings. The van der Waals surface area contributed by atoms with Crippen molar-refractivity contribution in [2.45, 2.75) is 39.5 Å². The molecule has 4 heteroatoms. The summed E-state index contributed by atoms with van der Waals surface area (Å²) in [5.74, 6) is 0.701. The highest BCUT2D eigenvalue weighted by Gasteiger charge is 2.14. The molecule has 4 rings (SSSR count). The lowest BCUT2D eigenvalue weighted by Crippen LogP contribution is -2.25. The number of phenolic OH excluding ortho intramolecular Hbond substituents is 1. The minimum atomic E-state index is -0.129. The summed E-state index contributed by atoms with van der Waals surface area (Å²) in [6.07, 6.45) is 11.3. The third-order valence-electron chi connectivity index (χ3n) is 6.88. The maximum Gasteiger partial charge on any atom is 0.251 e. The summed E-state index contributed by atoms with van der Waals surface area (Å²) >= 11 is 0. The van der Waals surface area contributed by atoms with Crippen LogP contribution in [0.3, 0.4) is 0 Å². The number of hydrogen-bond acceptors (Lipinski definition) is 3. The second-order valence-electron chi connectivity index (χ2n) is 9.94. The summed E-state index contributed by atoms with van der Waals surface area (Å²) < 4.78 is 6.31. The highest BCUT2D eigenvalue weighted by Crippen LogP contribution is 2.32. The number of phenols is 1. The number of benzene rings is 4. The van der Waals surface area contributed by atoms with E-state index in [4.69, 9.17) is 4.74 Å². The summed E-state index contributed by atoms with van der Waals surface area (Å²) in [5.41, 5.74) is 4.64. The van der Waals surface area contributed by atoms with E-state index in [1.165, 1.54) is 11.1 Å². The largest absolute Gasteiger partial charge is 0.507 e.